The molecule has 5 nitrogen and oxygen atoms in total. The first kappa shape index (κ1) is 18.1. The summed E-state index contributed by atoms with van der Waals surface area (Å²) < 4.78 is 7.22. The number of carbonyl (C=O) groups excluding carboxylic acids is 1. The predicted octanol–water partition coefficient (Wildman–Crippen LogP) is 3.88. The summed E-state index contributed by atoms with van der Waals surface area (Å²) in [5.41, 5.74) is 2.59. The number of hydrogen-bond acceptors (Lipinski definition) is 4. The van der Waals surface area contributed by atoms with Gasteiger partial charge in [-0.1, -0.05) is 30.0 Å². The minimum Gasteiger partial charge on any atom is -0.497 e. The first-order chi connectivity index (χ1) is 12.6. The van der Waals surface area contributed by atoms with Crippen molar-refractivity contribution in [1.29, 1.82) is 0 Å². The Bertz CT molecular complexity index is 907. The van der Waals surface area contributed by atoms with E-state index in [4.69, 9.17) is 4.74 Å². The van der Waals surface area contributed by atoms with Crippen LogP contribution in [0.15, 0.2) is 66.1 Å². The van der Waals surface area contributed by atoms with Crippen LogP contribution < -0.4 is 4.74 Å². The Hall–Kier alpha value is -2.73. The van der Waals surface area contributed by atoms with E-state index in [2.05, 4.69) is 4.98 Å². The Balaban J connectivity index is 1.80. The maximum Gasteiger partial charge on any atom is 0.253 e. The summed E-state index contributed by atoms with van der Waals surface area (Å²) in [4.78, 5) is 18.9. The fourth-order valence-electron chi connectivity index (χ4n) is 2.76. The summed E-state index contributed by atoms with van der Waals surface area (Å²) in [6.07, 6.45) is 5.64. The Morgan fingerprint density at radius 1 is 1.23 bits per heavy atom. The van der Waals surface area contributed by atoms with Gasteiger partial charge in [0.15, 0.2) is 5.16 Å². The van der Waals surface area contributed by atoms with E-state index in [-0.39, 0.29) is 5.91 Å². The predicted molar refractivity (Wildman–Crippen MR) is 104 cm³/mol. The number of rotatable bonds is 6. The van der Waals surface area contributed by atoms with Crippen LogP contribution in [0.1, 0.15) is 15.9 Å². The molecular weight excluding hydrogens is 346 g/mol. The SMILES string of the molecule is COc1cccc(CN(C)C(=O)c2cccc(-n3ccnc3SC)c2)c1. The van der Waals surface area contributed by atoms with E-state index in [1.807, 2.05) is 65.6 Å². The summed E-state index contributed by atoms with van der Waals surface area (Å²) in [7, 11) is 3.44. The number of hydrogen-bond donors (Lipinski definition) is 0. The average molecular weight is 367 g/mol. The largest absolute Gasteiger partial charge is 0.497 e. The van der Waals surface area contributed by atoms with Gasteiger partial charge in [0.05, 0.1) is 7.11 Å². The van der Waals surface area contributed by atoms with E-state index >= 15 is 0 Å². The standard InChI is InChI=1S/C20H21N3O2S/c1-22(14-15-6-4-9-18(12-15)25-2)19(24)16-7-5-8-17(13-16)23-11-10-21-20(23)26-3/h4-13H,14H2,1-3H3. The quantitative estimate of drug-likeness (QED) is 0.621. The number of ether oxygens (including phenoxy) is 1. The molecule has 0 unspecified atom stereocenters. The minimum absolute atomic E-state index is 0.0273. The average Bonchev–Trinajstić information content (AvgIpc) is 3.16. The molecule has 6 heteroatoms. The summed E-state index contributed by atoms with van der Waals surface area (Å²) >= 11 is 1.57. The highest BCUT2D eigenvalue weighted by Gasteiger charge is 2.14. The number of aromatic nitrogens is 2. The zero-order valence-corrected chi connectivity index (χ0v) is 15.9. The van der Waals surface area contributed by atoms with Gasteiger partial charge in [-0.3, -0.25) is 9.36 Å². The Labute approximate surface area is 157 Å². The van der Waals surface area contributed by atoms with Gasteiger partial charge >= 0.3 is 0 Å². The van der Waals surface area contributed by atoms with Crippen molar-refractivity contribution in [3.05, 3.63) is 72.1 Å². The number of carbonyl (C=O) groups is 1. The molecule has 1 heterocycles. The molecule has 3 rings (SSSR count). The fourth-order valence-corrected chi connectivity index (χ4v) is 3.29. The molecule has 1 aromatic heterocycles. The molecule has 0 fully saturated rings. The van der Waals surface area contributed by atoms with Gasteiger partial charge in [0.2, 0.25) is 0 Å². The minimum atomic E-state index is -0.0273. The molecule has 0 saturated carbocycles. The summed E-state index contributed by atoms with van der Waals surface area (Å²) in [5, 5.41) is 0.888. The van der Waals surface area contributed by atoms with Gasteiger partial charge in [-0.05, 0) is 42.2 Å². The first-order valence-electron chi connectivity index (χ1n) is 8.18. The van der Waals surface area contributed by atoms with E-state index in [0.29, 0.717) is 12.1 Å². The van der Waals surface area contributed by atoms with Gasteiger partial charge < -0.3 is 9.64 Å². The van der Waals surface area contributed by atoms with Crippen LogP contribution in [0.2, 0.25) is 0 Å². The monoisotopic (exact) mass is 367 g/mol. The van der Waals surface area contributed by atoms with Crippen molar-refractivity contribution in [3.63, 3.8) is 0 Å². The highest BCUT2D eigenvalue weighted by atomic mass is 32.2. The van der Waals surface area contributed by atoms with E-state index in [1.54, 1.807) is 37.0 Å². The van der Waals surface area contributed by atoms with E-state index in [1.165, 1.54) is 0 Å². The second kappa shape index (κ2) is 8.10. The van der Waals surface area contributed by atoms with Crippen LogP contribution in [0.3, 0.4) is 0 Å². The Morgan fingerprint density at radius 3 is 2.81 bits per heavy atom. The number of benzene rings is 2. The lowest BCUT2D eigenvalue weighted by Crippen LogP contribution is -2.26. The zero-order valence-electron chi connectivity index (χ0n) is 15.0. The topological polar surface area (TPSA) is 47.4 Å². The lowest BCUT2D eigenvalue weighted by molar-refractivity contribution is 0.0785. The molecule has 0 saturated heterocycles. The number of amides is 1. The maximum absolute atomic E-state index is 12.8. The van der Waals surface area contributed by atoms with E-state index in [9.17, 15) is 4.79 Å². The fraction of sp³-hybridized carbons (Fsp3) is 0.200. The number of thioether (sulfide) groups is 1. The molecule has 0 radical (unpaired) electrons. The van der Waals surface area contributed by atoms with Crippen LogP contribution >= 0.6 is 11.8 Å². The summed E-state index contributed by atoms with van der Waals surface area (Å²) in [6, 6.07) is 15.3. The van der Waals surface area contributed by atoms with Crippen LogP contribution in [-0.2, 0) is 6.54 Å². The number of methoxy groups -OCH3 is 1. The van der Waals surface area contributed by atoms with Crippen LogP contribution in [-0.4, -0.2) is 40.8 Å². The molecular formula is C20H21N3O2S. The Morgan fingerprint density at radius 2 is 2.04 bits per heavy atom. The molecule has 0 aliphatic rings. The van der Waals surface area contributed by atoms with Gasteiger partial charge in [-0.25, -0.2) is 4.98 Å². The van der Waals surface area contributed by atoms with Gasteiger partial charge in [0, 0.05) is 37.2 Å². The van der Waals surface area contributed by atoms with Crippen molar-refractivity contribution >= 4 is 17.7 Å². The molecule has 1 amide bonds. The number of nitrogens with zero attached hydrogens (tertiary/aromatic N) is 3. The molecule has 0 spiro atoms. The third-order valence-corrected chi connectivity index (χ3v) is 4.73. The molecule has 0 aliphatic carbocycles. The van der Waals surface area contributed by atoms with E-state index < -0.39 is 0 Å². The lowest BCUT2D eigenvalue weighted by Gasteiger charge is -2.18. The van der Waals surface area contributed by atoms with Crippen molar-refractivity contribution in [2.24, 2.45) is 0 Å². The van der Waals surface area contributed by atoms with Crippen LogP contribution in [0.5, 0.6) is 5.75 Å². The van der Waals surface area contributed by atoms with Crippen LogP contribution in [0.4, 0.5) is 0 Å². The molecule has 2 aromatic carbocycles. The van der Waals surface area contributed by atoms with Crippen molar-refractivity contribution in [2.75, 3.05) is 20.4 Å². The van der Waals surface area contributed by atoms with E-state index in [0.717, 1.165) is 22.2 Å². The lowest BCUT2D eigenvalue weighted by atomic mass is 10.1. The second-order valence-corrected chi connectivity index (χ2v) is 6.62. The Kier molecular flexibility index (Phi) is 5.63. The van der Waals surface area contributed by atoms with Crippen LogP contribution in [0.25, 0.3) is 5.69 Å². The maximum atomic E-state index is 12.8. The van der Waals surface area contributed by atoms with Crippen LogP contribution in [0, 0.1) is 0 Å². The zero-order chi connectivity index (χ0) is 18.5. The first-order valence-corrected chi connectivity index (χ1v) is 9.41. The molecule has 0 aliphatic heterocycles. The van der Waals surface area contributed by atoms with Gasteiger partial charge in [0.1, 0.15) is 5.75 Å². The van der Waals surface area contributed by atoms with Crippen molar-refractivity contribution < 1.29 is 9.53 Å². The third-order valence-electron chi connectivity index (χ3n) is 4.06. The molecule has 134 valence electrons. The van der Waals surface area contributed by atoms with Crippen molar-refractivity contribution in [3.8, 4) is 11.4 Å². The summed E-state index contributed by atoms with van der Waals surface area (Å²) in [6.45, 7) is 0.515. The highest BCUT2D eigenvalue weighted by molar-refractivity contribution is 7.98. The molecule has 0 bridgehead atoms. The molecule has 0 N–H and O–H groups in total. The molecule has 26 heavy (non-hydrogen) atoms. The second-order valence-electron chi connectivity index (χ2n) is 5.85. The van der Waals surface area contributed by atoms with Gasteiger partial charge in [0.25, 0.3) is 5.91 Å². The van der Waals surface area contributed by atoms with Gasteiger partial charge in [-0.2, -0.15) is 0 Å². The van der Waals surface area contributed by atoms with Crippen molar-refractivity contribution in [2.45, 2.75) is 11.7 Å². The number of imidazole rings is 1. The normalized spacial score (nSPS) is 10.6. The smallest absolute Gasteiger partial charge is 0.253 e. The molecule has 0 atom stereocenters. The summed E-state index contributed by atoms with van der Waals surface area (Å²) in [5.74, 6) is 0.760. The van der Waals surface area contributed by atoms with Crippen molar-refractivity contribution in [1.82, 2.24) is 14.5 Å². The highest BCUT2D eigenvalue weighted by Crippen LogP contribution is 2.20. The molecule has 3 aromatic rings. The van der Waals surface area contributed by atoms with Gasteiger partial charge in [-0.15, -0.1) is 0 Å². The third kappa shape index (κ3) is 3.91.